The molecule has 1 aliphatic heterocycles. The van der Waals surface area contributed by atoms with Crippen molar-refractivity contribution in [3.8, 4) is 0 Å². The molecule has 3 unspecified atom stereocenters. The summed E-state index contributed by atoms with van der Waals surface area (Å²) >= 11 is 0. The number of ether oxygens (including phenoxy) is 1. The topological polar surface area (TPSA) is 21.3 Å². The molecular weight excluding hydrogens is 246 g/mol. The van der Waals surface area contributed by atoms with E-state index in [1.165, 1.54) is 11.1 Å². The Morgan fingerprint density at radius 1 is 1.15 bits per heavy atom. The van der Waals surface area contributed by atoms with Crippen LogP contribution in [0.5, 0.6) is 0 Å². The Kier molecular flexibility index (Phi) is 5.62. The van der Waals surface area contributed by atoms with Crippen LogP contribution in [0, 0.1) is 0 Å². The Labute approximate surface area is 123 Å². The van der Waals surface area contributed by atoms with Crippen molar-refractivity contribution in [2.45, 2.75) is 71.1 Å². The fourth-order valence-corrected chi connectivity index (χ4v) is 2.94. The van der Waals surface area contributed by atoms with E-state index >= 15 is 0 Å². The molecule has 0 saturated carbocycles. The maximum atomic E-state index is 5.75. The van der Waals surface area contributed by atoms with Gasteiger partial charge in [-0.15, -0.1) is 0 Å². The molecular formula is C18H29NO. The molecule has 0 aromatic heterocycles. The van der Waals surface area contributed by atoms with E-state index in [1.807, 2.05) is 0 Å². The molecule has 1 aromatic rings. The summed E-state index contributed by atoms with van der Waals surface area (Å²) in [5.74, 6) is 0.605. The smallest absolute Gasteiger partial charge is 0.0587 e. The monoisotopic (exact) mass is 275 g/mol. The number of nitrogens with one attached hydrogen (secondary N) is 1. The van der Waals surface area contributed by atoms with Crippen LogP contribution in [0.3, 0.4) is 0 Å². The van der Waals surface area contributed by atoms with Crippen LogP contribution in [0.15, 0.2) is 24.3 Å². The molecule has 2 rings (SSSR count). The average molecular weight is 275 g/mol. The van der Waals surface area contributed by atoms with Crippen LogP contribution < -0.4 is 5.32 Å². The van der Waals surface area contributed by atoms with Gasteiger partial charge in [-0.2, -0.15) is 0 Å². The minimum absolute atomic E-state index is 0.414. The summed E-state index contributed by atoms with van der Waals surface area (Å²) in [4.78, 5) is 0. The third-order valence-corrected chi connectivity index (χ3v) is 4.41. The van der Waals surface area contributed by atoms with Crippen molar-refractivity contribution in [3.05, 3.63) is 35.4 Å². The average Bonchev–Trinajstić information content (AvgIpc) is 2.47. The summed E-state index contributed by atoms with van der Waals surface area (Å²) < 4.78 is 5.75. The van der Waals surface area contributed by atoms with Crippen molar-refractivity contribution >= 4 is 0 Å². The van der Waals surface area contributed by atoms with E-state index in [0.29, 0.717) is 24.1 Å². The maximum Gasteiger partial charge on any atom is 0.0587 e. The molecule has 0 spiro atoms. The quantitative estimate of drug-likeness (QED) is 0.859. The van der Waals surface area contributed by atoms with E-state index in [-0.39, 0.29) is 0 Å². The third kappa shape index (κ3) is 4.07. The summed E-state index contributed by atoms with van der Waals surface area (Å²) in [5.41, 5.74) is 2.80. The first-order chi connectivity index (χ1) is 9.60. The molecule has 1 saturated heterocycles. The van der Waals surface area contributed by atoms with Gasteiger partial charge in [-0.1, -0.05) is 45.0 Å². The van der Waals surface area contributed by atoms with Crippen molar-refractivity contribution in [1.29, 1.82) is 0 Å². The fraction of sp³-hybridized carbons (Fsp3) is 0.667. The van der Waals surface area contributed by atoms with Gasteiger partial charge in [0.2, 0.25) is 0 Å². The van der Waals surface area contributed by atoms with Gasteiger partial charge in [-0.25, -0.2) is 0 Å². The Bertz CT molecular complexity index is 398. The zero-order valence-corrected chi connectivity index (χ0v) is 13.4. The molecule has 20 heavy (non-hydrogen) atoms. The van der Waals surface area contributed by atoms with Crippen LogP contribution in [0.4, 0.5) is 0 Å². The predicted molar refractivity (Wildman–Crippen MR) is 85.1 cm³/mol. The van der Waals surface area contributed by atoms with Crippen LogP contribution in [0.2, 0.25) is 0 Å². The molecule has 2 nitrogen and oxygen atoms in total. The van der Waals surface area contributed by atoms with Gasteiger partial charge in [0.1, 0.15) is 0 Å². The van der Waals surface area contributed by atoms with Crippen molar-refractivity contribution < 1.29 is 4.74 Å². The van der Waals surface area contributed by atoms with Crippen LogP contribution in [-0.2, 0) is 4.74 Å². The lowest BCUT2D eigenvalue weighted by molar-refractivity contribution is -0.00165. The molecule has 0 aliphatic carbocycles. The Morgan fingerprint density at radius 2 is 1.80 bits per heavy atom. The molecule has 1 heterocycles. The fourth-order valence-electron chi connectivity index (χ4n) is 2.94. The second kappa shape index (κ2) is 7.24. The van der Waals surface area contributed by atoms with Crippen LogP contribution in [-0.4, -0.2) is 18.8 Å². The molecule has 3 atom stereocenters. The number of rotatable bonds is 5. The Balaban J connectivity index is 1.92. The van der Waals surface area contributed by atoms with E-state index in [9.17, 15) is 0 Å². The first kappa shape index (κ1) is 15.5. The minimum atomic E-state index is 0.414. The molecule has 1 fully saturated rings. The van der Waals surface area contributed by atoms with Crippen molar-refractivity contribution in [2.75, 3.05) is 6.61 Å². The Morgan fingerprint density at radius 3 is 2.40 bits per heavy atom. The number of hydrogen-bond acceptors (Lipinski definition) is 2. The molecule has 1 aliphatic rings. The summed E-state index contributed by atoms with van der Waals surface area (Å²) in [6.45, 7) is 9.85. The van der Waals surface area contributed by atoms with Crippen LogP contribution in [0.1, 0.15) is 70.0 Å². The molecule has 1 N–H and O–H groups in total. The second-order valence-electron chi connectivity index (χ2n) is 6.33. The first-order valence-corrected chi connectivity index (χ1v) is 8.07. The molecule has 2 heteroatoms. The summed E-state index contributed by atoms with van der Waals surface area (Å²) in [5, 5.41) is 3.77. The van der Waals surface area contributed by atoms with E-state index in [0.717, 1.165) is 25.9 Å². The van der Waals surface area contributed by atoms with Crippen molar-refractivity contribution in [1.82, 2.24) is 5.32 Å². The zero-order chi connectivity index (χ0) is 14.5. The van der Waals surface area contributed by atoms with Crippen LogP contribution in [0.25, 0.3) is 0 Å². The van der Waals surface area contributed by atoms with E-state index in [2.05, 4.69) is 57.3 Å². The third-order valence-electron chi connectivity index (χ3n) is 4.41. The number of benzene rings is 1. The lowest BCUT2D eigenvalue weighted by Crippen LogP contribution is -2.39. The van der Waals surface area contributed by atoms with Gasteiger partial charge in [0.05, 0.1) is 6.10 Å². The molecule has 0 bridgehead atoms. The summed E-state index contributed by atoms with van der Waals surface area (Å²) in [7, 11) is 0. The number of hydrogen-bond donors (Lipinski definition) is 1. The van der Waals surface area contributed by atoms with Crippen LogP contribution >= 0.6 is 0 Å². The lowest BCUT2D eigenvalue weighted by Gasteiger charge is -2.32. The minimum Gasteiger partial charge on any atom is -0.378 e. The molecule has 112 valence electrons. The Hall–Kier alpha value is -0.860. The molecule has 1 aromatic carbocycles. The van der Waals surface area contributed by atoms with Gasteiger partial charge in [-0.05, 0) is 43.2 Å². The van der Waals surface area contributed by atoms with Crippen molar-refractivity contribution in [3.63, 3.8) is 0 Å². The standard InChI is InChI=1S/C18H29NO/c1-5-18-12-17(10-11-20-18)19-14(4)16-8-6-15(7-9-16)13(2)3/h6-9,13-14,17-19H,5,10-12H2,1-4H3. The van der Waals surface area contributed by atoms with Gasteiger partial charge in [0, 0.05) is 18.7 Å². The maximum absolute atomic E-state index is 5.75. The van der Waals surface area contributed by atoms with Crippen molar-refractivity contribution in [2.24, 2.45) is 0 Å². The van der Waals surface area contributed by atoms with E-state index in [1.54, 1.807) is 0 Å². The van der Waals surface area contributed by atoms with Gasteiger partial charge in [0.25, 0.3) is 0 Å². The van der Waals surface area contributed by atoms with E-state index < -0.39 is 0 Å². The van der Waals surface area contributed by atoms with Gasteiger partial charge >= 0.3 is 0 Å². The molecule has 0 amide bonds. The highest BCUT2D eigenvalue weighted by atomic mass is 16.5. The SMILES string of the molecule is CCC1CC(NC(C)c2ccc(C(C)C)cc2)CCO1. The van der Waals surface area contributed by atoms with Gasteiger partial charge < -0.3 is 10.1 Å². The predicted octanol–water partition coefficient (Wildman–Crippen LogP) is 4.42. The summed E-state index contributed by atoms with van der Waals surface area (Å²) in [6, 6.07) is 10.1. The lowest BCUT2D eigenvalue weighted by atomic mass is 9.97. The highest BCUT2D eigenvalue weighted by Crippen LogP contribution is 2.22. The largest absolute Gasteiger partial charge is 0.378 e. The second-order valence-corrected chi connectivity index (χ2v) is 6.33. The highest BCUT2D eigenvalue weighted by molar-refractivity contribution is 5.26. The van der Waals surface area contributed by atoms with E-state index in [4.69, 9.17) is 4.74 Å². The zero-order valence-electron chi connectivity index (χ0n) is 13.4. The highest BCUT2D eigenvalue weighted by Gasteiger charge is 2.22. The summed E-state index contributed by atoms with van der Waals surface area (Å²) in [6.07, 6.45) is 3.84. The molecule has 0 radical (unpaired) electrons. The van der Waals surface area contributed by atoms with Gasteiger partial charge in [0.15, 0.2) is 0 Å². The first-order valence-electron chi connectivity index (χ1n) is 8.07. The normalized spacial score (nSPS) is 24.9. The van der Waals surface area contributed by atoms with Gasteiger partial charge in [-0.3, -0.25) is 0 Å².